The Labute approximate surface area is 190 Å². The molecule has 1 atom stereocenters. The number of halogens is 1. The van der Waals surface area contributed by atoms with Gasteiger partial charge in [-0.2, -0.15) is 0 Å². The van der Waals surface area contributed by atoms with Crippen LogP contribution in [-0.2, 0) is 4.74 Å². The van der Waals surface area contributed by atoms with Gasteiger partial charge < -0.3 is 20.7 Å². The molecule has 0 unspecified atom stereocenters. The summed E-state index contributed by atoms with van der Waals surface area (Å²) in [6.07, 6.45) is 9.66. The number of pyridine rings is 1. The first-order chi connectivity index (χ1) is 15.4. The van der Waals surface area contributed by atoms with E-state index in [1.807, 2.05) is 6.07 Å². The maximum atomic E-state index is 14.6. The zero-order chi connectivity index (χ0) is 22.6. The van der Waals surface area contributed by atoms with Gasteiger partial charge in [-0.25, -0.2) is 19.3 Å². The molecular formula is C24H35FN6O. The van der Waals surface area contributed by atoms with Crippen LogP contribution in [0.5, 0.6) is 0 Å². The highest BCUT2D eigenvalue weighted by Crippen LogP contribution is 2.44. The van der Waals surface area contributed by atoms with Crippen LogP contribution in [0.15, 0.2) is 24.5 Å². The predicted molar refractivity (Wildman–Crippen MR) is 125 cm³/mol. The van der Waals surface area contributed by atoms with Gasteiger partial charge >= 0.3 is 0 Å². The van der Waals surface area contributed by atoms with Crippen molar-refractivity contribution in [1.82, 2.24) is 20.3 Å². The quantitative estimate of drug-likeness (QED) is 0.508. The lowest BCUT2D eigenvalue weighted by atomic mass is 9.90. The van der Waals surface area contributed by atoms with Crippen molar-refractivity contribution >= 4 is 11.6 Å². The average Bonchev–Trinajstić information content (AvgIpc) is 3.53. The van der Waals surface area contributed by atoms with Crippen molar-refractivity contribution in [2.45, 2.75) is 70.5 Å². The predicted octanol–water partition coefficient (Wildman–Crippen LogP) is 4.24. The van der Waals surface area contributed by atoms with E-state index in [0.29, 0.717) is 40.7 Å². The summed E-state index contributed by atoms with van der Waals surface area (Å²) < 4.78 is 19.8. The summed E-state index contributed by atoms with van der Waals surface area (Å²) in [7, 11) is 1.73. The van der Waals surface area contributed by atoms with E-state index in [0.717, 1.165) is 44.7 Å². The monoisotopic (exact) mass is 442 g/mol. The summed E-state index contributed by atoms with van der Waals surface area (Å²) in [5, 5.41) is 10.5. The van der Waals surface area contributed by atoms with Crippen molar-refractivity contribution in [3.05, 3.63) is 30.3 Å². The molecule has 174 valence electrons. The number of ether oxygens (including phenoxy) is 1. The van der Waals surface area contributed by atoms with E-state index in [-0.39, 0.29) is 0 Å². The smallest absolute Gasteiger partial charge is 0.164 e. The molecule has 0 bridgehead atoms. The lowest BCUT2D eigenvalue weighted by Gasteiger charge is -2.31. The van der Waals surface area contributed by atoms with Crippen LogP contribution in [-0.4, -0.2) is 53.3 Å². The molecule has 0 radical (unpaired) electrons. The molecule has 0 saturated heterocycles. The molecule has 2 aliphatic rings. The molecule has 2 aromatic rings. The minimum Gasteiger partial charge on any atom is -0.383 e. The number of hydrogen-bond acceptors (Lipinski definition) is 7. The molecule has 7 nitrogen and oxygen atoms in total. The highest BCUT2D eigenvalue weighted by atomic mass is 19.1. The number of aromatic nitrogens is 3. The third-order valence-electron chi connectivity index (χ3n) is 6.57. The summed E-state index contributed by atoms with van der Waals surface area (Å²) >= 11 is 0. The minimum absolute atomic E-state index is 0.324. The van der Waals surface area contributed by atoms with Crippen LogP contribution in [0.1, 0.15) is 52.4 Å². The maximum absolute atomic E-state index is 14.6. The van der Waals surface area contributed by atoms with E-state index in [9.17, 15) is 4.39 Å². The van der Waals surface area contributed by atoms with Crippen LogP contribution in [0.4, 0.5) is 16.0 Å². The van der Waals surface area contributed by atoms with Crippen molar-refractivity contribution in [2.75, 3.05) is 30.9 Å². The number of rotatable bonds is 10. The largest absolute Gasteiger partial charge is 0.383 e. The maximum Gasteiger partial charge on any atom is 0.164 e. The van der Waals surface area contributed by atoms with Crippen molar-refractivity contribution in [2.24, 2.45) is 5.41 Å². The third kappa shape index (κ3) is 6.13. The highest BCUT2D eigenvalue weighted by Gasteiger charge is 2.36. The van der Waals surface area contributed by atoms with Crippen LogP contribution in [0.25, 0.3) is 11.4 Å². The van der Waals surface area contributed by atoms with Gasteiger partial charge in [0, 0.05) is 38.0 Å². The molecule has 4 rings (SSSR count). The van der Waals surface area contributed by atoms with Gasteiger partial charge in [-0.3, -0.25) is 0 Å². The van der Waals surface area contributed by atoms with E-state index in [1.165, 1.54) is 19.0 Å². The number of methoxy groups -OCH3 is 1. The molecule has 0 aliphatic heterocycles. The third-order valence-corrected chi connectivity index (χ3v) is 6.57. The Bertz CT molecular complexity index is 898. The van der Waals surface area contributed by atoms with Crippen LogP contribution >= 0.6 is 0 Å². The van der Waals surface area contributed by atoms with Gasteiger partial charge in [0.1, 0.15) is 11.6 Å². The molecule has 2 saturated carbocycles. The van der Waals surface area contributed by atoms with E-state index in [1.54, 1.807) is 19.4 Å². The minimum atomic E-state index is -0.415. The number of nitrogens with zero attached hydrogens (tertiary/aromatic N) is 3. The summed E-state index contributed by atoms with van der Waals surface area (Å²) in [6, 6.07) is 4.74. The average molecular weight is 443 g/mol. The first kappa shape index (κ1) is 22.9. The van der Waals surface area contributed by atoms with Crippen LogP contribution in [0, 0.1) is 11.2 Å². The van der Waals surface area contributed by atoms with Gasteiger partial charge in [-0.05, 0) is 63.0 Å². The molecule has 2 fully saturated rings. The number of hydrogen-bond donors (Lipinski definition) is 3. The standard InChI is InChI=1S/C24H35FN6O/c1-16(14-32-3)29-17-4-6-18(7-5-17)30-22-12-19(20(25)13-27-22)23-26-11-8-21(31-23)28-15-24(2)9-10-24/h8,11-13,16-18,29H,4-7,9-10,14-15H2,1-3H3,(H,27,30)(H,26,28,31)/t16-,17?,18?/m0/s1. The number of nitrogens with one attached hydrogen (secondary N) is 3. The zero-order valence-electron chi connectivity index (χ0n) is 19.3. The second kappa shape index (κ2) is 10.1. The summed E-state index contributed by atoms with van der Waals surface area (Å²) in [4.78, 5) is 13.1. The Hall–Kier alpha value is -2.32. The Morgan fingerprint density at radius 3 is 2.62 bits per heavy atom. The fourth-order valence-electron chi connectivity index (χ4n) is 4.28. The topological polar surface area (TPSA) is 84.0 Å². The summed E-state index contributed by atoms with van der Waals surface area (Å²) in [5.41, 5.74) is 0.730. The first-order valence-electron chi connectivity index (χ1n) is 11.7. The number of anilines is 2. The van der Waals surface area contributed by atoms with Gasteiger partial charge in [0.2, 0.25) is 0 Å². The summed E-state index contributed by atoms with van der Waals surface area (Å²) in [5.74, 6) is 1.35. The highest BCUT2D eigenvalue weighted by molar-refractivity contribution is 5.61. The van der Waals surface area contributed by atoms with E-state index in [4.69, 9.17) is 4.74 Å². The van der Waals surface area contributed by atoms with E-state index in [2.05, 4.69) is 44.7 Å². The molecule has 0 amide bonds. The van der Waals surface area contributed by atoms with Crippen molar-refractivity contribution in [3.63, 3.8) is 0 Å². The molecule has 0 aromatic carbocycles. The van der Waals surface area contributed by atoms with Crippen LogP contribution < -0.4 is 16.0 Å². The lowest BCUT2D eigenvalue weighted by Crippen LogP contribution is -2.42. The van der Waals surface area contributed by atoms with Gasteiger partial charge in [0.05, 0.1) is 18.4 Å². The fourth-order valence-corrected chi connectivity index (χ4v) is 4.28. The van der Waals surface area contributed by atoms with Gasteiger partial charge in [-0.1, -0.05) is 6.92 Å². The Morgan fingerprint density at radius 1 is 1.16 bits per heavy atom. The Morgan fingerprint density at radius 2 is 1.91 bits per heavy atom. The van der Waals surface area contributed by atoms with Gasteiger partial charge in [-0.15, -0.1) is 0 Å². The molecule has 32 heavy (non-hydrogen) atoms. The molecule has 2 aromatic heterocycles. The second-order valence-electron chi connectivity index (χ2n) is 9.70. The van der Waals surface area contributed by atoms with E-state index >= 15 is 0 Å². The molecule has 2 heterocycles. The molecule has 2 aliphatic carbocycles. The fraction of sp³-hybridized carbons (Fsp3) is 0.625. The van der Waals surface area contributed by atoms with Crippen molar-refractivity contribution in [3.8, 4) is 11.4 Å². The van der Waals surface area contributed by atoms with Crippen LogP contribution in [0.3, 0.4) is 0 Å². The zero-order valence-corrected chi connectivity index (χ0v) is 19.3. The van der Waals surface area contributed by atoms with Gasteiger partial charge in [0.15, 0.2) is 11.6 Å². The van der Waals surface area contributed by atoms with E-state index < -0.39 is 5.82 Å². The second-order valence-corrected chi connectivity index (χ2v) is 9.70. The Balaban J connectivity index is 1.36. The van der Waals surface area contributed by atoms with Crippen molar-refractivity contribution in [1.29, 1.82) is 0 Å². The molecule has 3 N–H and O–H groups in total. The van der Waals surface area contributed by atoms with Crippen LogP contribution in [0.2, 0.25) is 0 Å². The molecule has 8 heteroatoms. The lowest BCUT2D eigenvalue weighted by molar-refractivity contribution is 0.161. The summed E-state index contributed by atoms with van der Waals surface area (Å²) in [6.45, 7) is 6.00. The SMILES string of the molecule is COC[C@H](C)NC1CCC(Nc2cc(-c3nccc(NCC4(C)CC4)n3)c(F)cn2)CC1. The Kier molecular flexibility index (Phi) is 7.20. The molecule has 0 spiro atoms. The molecular weight excluding hydrogens is 407 g/mol. The van der Waals surface area contributed by atoms with Gasteiger partial charge in [0.25, 0.3) is 0 Å². The first-order valence-corrected chi connectivity index (χ1v) is 11.7. The normalized spacial score (nSPS) is 22.9. The van der Waals surface area contributed by atoms with Crippen molar-refractivity contribution < 1.29 is 9.13 Å².